The Morgan fingerprint density at radius 1 is 1.05 bits per heavy atom. The molecule has 120 valence electrons. The third kappa shape index (κ3) is 70.2. The molecule has 0 heterocycles. The van der Waals surface area contributed by atoms with E-state index in [2.05, 4.69) is 0 Å². The summed E-state index contributed by atoms with van der Waals surface area (Å²) >= 11 is 0. The quantitative estimate of drug-likeness (QED) is 0.632. The van der Waals surface area contributed by atoms with E-state index in [4.69, 9.17) is 9.84 Å². The summed E-state index contributed by atoms with van der Waals surface area (Å²) in [5, 5.41) is 8.36. The van der Waals surface area contributed by atoms with Crippen molar-refractivity contribution in [2.75, 3.05) is 0 Å². The van der Waals surface area contributed by atoms with E-state index in [0.717, 1.165) is 12.8 Å². The summed E-state index contributed by atoms with van der Waals surface area (Å²) in [6, 6.07) is 0. The average molecular weight is 294 g/mol. The number of aliphatic hydroxyl groups is 1. The van der Waals surface area contributed by atoms with Crippen LogP contribution in [0.15, 0.2) is 0 Å². The molecule has 0 saturated heterocycles. The molecule has 0 bridgehead atoms. The van der Waals surface area contributed by atoms with Crippen molar-refractivity contribution in [1.82, 2.24) is 0 Å². The molecule has 2 atom stereocenters. The van der Waals surface area contributed by atoms with Gasteiger partial charge < -0.3 is 15.3 Å². The molecule has 0 aliphatic rings. The van der Waals surface area contributed by atoms with Crippen LogP contribution in [-0.2, 0) is 9.53 Å². The molecule has 0 aromatic heterocycles. The number of hydrogen-bond acceptors (Lipinski definition) is 4. The molecule has 0 rings (SSSR count). The Hall–Kier alpha value is 0.390. The molecule has 0 aliphatic carbocycles. The van der Waals surface area contributed by atoms with Crippen LogP contribution in [0.3, 0.4) is 0 Å². The van der Waals surface area contributed by atoms with Gasteiger partial charge in [-0.25, -0.2) is 0 Å². The van der Waals surface area contributed by atoms with Gasteiger partial charge in [0, 0.05) is 6.92 Å². The summed E-state index contributed by atoms with van der Waals surface area (Å²) in [7, 11) is 0. The van der Waals surface area contributed by atoms with E-state index in [1.165, 1.54) is 6.92 Å². The normalized spacial score (nSPS) is 9.37. The summed E-state index contributed by atoms with van der Waals surface area (Å²) in [5.74, 6) is -0.195. The summed E-state index contributed by atoms with van der Waals surface area (Å²) in [6.07, 6.45) is 1.71. The van der Waals surface area contributed by atoms with Crippen molar-refractivity contribution in [3.63, 3.8) is 0 Å². The van der Waals surface area contributed by atoms with Gasteiger partial charge in [-0.1, -0.05) is 43.6 Å². The van der Waals surface area contributed by atoms with Crippen LogP contribution in [0.1, 0.15) is 77.2 Å². The van der Waals surface area contributed by atoms with Crippen LogP contribution >= 0.6 is 0 Å². The van der Waals surface area contributed by atoms with E-state index < -0.39 is 0 Å². The zero-order valence-corrected chi connectivity index (χ0v) is 12.8. The van der Waals surface area contributed by atoms with E-state index in [1.807, 2.05) is 20.8 Å². The van der Waals surface area contributed by atoms with Gasteiger partial charge in [0.05, 0.1) is 12.2 Å². The van der Waals surface area contributed by atoms with Gasteiger partial charge in [0.15, 0.2) is 0 Å². The van der Waals surface area contributed by atoms with Crippen LogP contribution < -0.4 is 29.6 Å². The zero-order chi connectivity index (χ0) is 10.9. The summed E-state index contributed by atoms with van der Waals surface area (Å²) in [6.45, 7) is 9.01. The predicted molar refractivity (Wildman–Crippen MR) is 82.4 cm³/mol. The topological polar surface area (TPSA) is 76.5 Å². The predicted octanol–water partition coefficient (Wildman–Crippen LogP) is 1.50. The first-order valence-electron chi connectivity index (χ1n) is 4.79. The molecule has 2 N–H and O–H groups in total. The van der Waals surface area contributed by atoms with Crippen LogP contribution in [0.5, 0.6) is 0 Å². The Kier molecular flexibility index (Phi) is 96.4. The number of esters is 1. The van der Waals surface area contributed by atoms with Crippen molar-refractivity contribution >= 4 is 5.97 Å². The molecule has 0 radical (unpaired) electrons. The third-order valence-corrected chi connectivity index (χ3v) is 1.53. The minimum atomic E-state index is -0.195. The first-order valence-corrected chi connectivity index (χ1v) is 4.79. The summed E-state index contributed by atoms with van der Waals surface area (Å²) in [5.41, 5.74) is 0. The Morgan fingerprint density at radius 3 is 1.37 bits per heavy atom. The number of ether oxygens (including phenoxy) is 1. The third-order valence-electron chi connectivity index (χ3n) is 1.53. The van der Waals surface area contributed by atoms with Crippen molar-refractivity contribution < 1.29 is 49.7 Å². The van der Waals surface area contributed by atoms with Gasteiger partial charge >= 0.3 is 35.5 Å². The molecule has 5 heteroatoms. The van der Waals surface area contributed by atoms with Gasteiger partial charge in [0.25, 0.3) is 0 Å². The second kappa shape index (κ2) is 36.2. The smallest absolute Gasteiger partial charge is 0.870 e. The van der Waals surface area contributed by atoms with Crippen molar-refractivity contribution in [2.45, 2.75) is 89.4 Å². The Bertz CT molecular complexity index is 131. The van der Waals surface area contributed by atoms with Crippen molar-refractivity contribution in [3.8, 4) is 0 Å². The number of carbonyl (C=O) groups is 1. The minimum Gasteiger partial charge on any atom is -0.870 e. The maximum atomic E-state index is 10.2. The molecule has 4 nitrogen and oxygen atoms in total. The molecule has 0 amide bonds. The Labute approximate surface area is 144 Å². The summed E-state index contributed by atoms with van der Waals surface area (Å²) in [4.78, 5) is 10.2. The van der Waals surface area contributed by atoms with Crippen molar-refractivity contribution in [2.24, 2.45) is 0 Å². The summed E-state index contributed by atoms with van der Waals surface area (Å²) < 4.78 is 4.76. The minimum absolute atomic E-state index is 0. The standard InChI is InChI=1S/C6H12O2.C4H10O.4CH4.Na.H2O/c1-4-5(2)8-6(3)7;1-3-4(2)5;;;;;;/h5H,4H2,1-3H3;4-5H,3H2,1-2H3;4*1H4;;1H2/q;;;;;;+1;/p-1. The van der Waals surface area contributed by atoms with Crippen molar-refractivity contribution in [1.29, 1.82) is 0 Å². The molecule has 0 saturated carbocycles. The van der Waals surface area contributed by atoms with Gasteiger partial charge in [0.1, 0.15) is 0 Å². The zero-order valence-electron chi connectivity index (χ0n) is 10.8. The molecule has 0 spiro atoms. The first-order chi connectivity index (χ1) is 5.93. The Morgan fingerprint density at radius 2 is 1.32 bits per heavy atom. The van der Waals surface area contributed by atoms with Gasteiger partial charge in [-0.3, -0.25) is 4.79 Å². The molecule has 0 fully saturated rings. The number of carbonyl (C=O) groups excluding carboxylic acids is 1. The van der Waals surface area contributed by atoms with Crippen LogP contribution in [0.25, 0.3) is 0 Å². The fourth-order valence-electron chi connectivity index (χ4n) is 0.367. The van der Waals surface area contributed by atoms with Crippen LogP contribution in [0, 0.1) is 0 Å². The molecule has 19 heavy (non-hydrogen) atoms. The monoisotopic (exact) mass is 294 g/mol. The number of hydrogen-bond donors (Lipinski definition) is 1. The maximum Gasteiger partial charge on any atom is 1.00 e. The molecular weight excluding hydrogens is 255 g/mol. The van der Waals surface area contributed by atoms with E-state index in [1.54, 1.807) is 6.92 Å². The SMILES string of the molecule is C.C.C.C.CCC(C)O.CCC(C)OC(C)=O.[Na+].[OH-]. The average Bonchev–Trinajstić information content (AvgIpc) is 2.04. The van der Waals surface area contributed by atoms with E-state index in [-0.39, 0.29) is 82.9 Å². The van der Waals surface area contributed by atoms with Crippen LogP contribution in [0.2, 0.25) is 0 Å². The number of rotatable bonds is 3. The molecule has 2 unspecified atom stereocenters. The van der Waals surface area contributed by atoms with Gasteiger partial charge in [-0.05, 0) is 26.7 Å². The van der Waals surface area contributed by atoms with Gasteiger partial charge in [-0.2, -0.15) is 0 Å². The van der Waals surface area contributed by atoms with Crippen molar-refractivity contribution in [3.05, 3.63) is 0 Å². The van der Waals surface area contributed by atoms with E-state index >= 15 is 0 Å². The molecule has 0 aromatic rings. The van der Waals surface area contributed by atoms with Crippen LogP contribution in [0.4, 0.5) is 0 Å². The number of aliphatic hydroxyl groups excluding tert-OH is 1. The van der Waals surface area contributed by atoms with E-state index in [9.17, 15) is 4.79 Å². The molecule has 0 aromatic carbocycles. The second-order valence-corrected chi connectivity index (χ2v) is 3.09. The maximum absolute atomic E-state index is 10.2. The fourth-order valence-corrected chi connectivity index (χ4v) is 0.367. The fraction of sp³-hybridized carbons (Fsp3) is 0.929. The first kappa shape index (κ1) is 50.5. The van der Waals surface area contributed by atoms with Gasteiger partial charge in [-0.15, -0.1) is 0 Å². The largest absolute Gasteiger partial charge is 1.00 e. The van der Waals surface area contributed by atoms with E-state index in [0.29, 0.717) is 0 Å². The molecular formula is C14H39NaO4. The van der Waals surface area contributed by atoms with Gasteiger partial charge in [0.2, 0.25) is 0 Å². The Balaban J connectivity index is -0.0000000169. The molecule has 0 aliphatic heterocycles. The van der Waals surface area contributed by atoms with Crippen LogP contribution in [-0.4, -0.2) is 28.8 Å². The second-order valence-electron chi connectivity index (χ2n) is 3.09.